The number of hydrogen-bond donors (Lipinski definition) is 2. The topological polar surface area (TPSA) is 73.9 Å². The number of pyridine rings is 1. The molecular formula is C19H21N5O. The number of carbonyl (C=O) groups excluding carboxylic acids is 1. The van der Waals surface area contributed by atoms with Crippen molar-refractivity contribution in [2.45, 2.75) is 18.8 Å². The summed E-state index contributed by atoms with van der Waals surface area (Å²) in [6, 6.07) is 11.7. The van der Waals surface area contributed by atoms with Crippen LogP contribution in [0.5, 0.6) is 0 Å². The zero-order valence-electron chi connectivity index (χ0n) is 14.2. The second kappa shape index (κ2) is 6.55. The number of benzene rings is 1. The first-order valence-electron chi connectivity index (χ1n) is 8.63. The van der Waals surface area contributed by atoms with Crippen LogP contribution >= 0.6 is 0 Å². The summed E-state index contributed by atoms with van der Waals surface area (Å²) in [6.45, 7) is 1.45. The molecule has 6 heteroatoms. The predicted octanol–water partition coefficient (Wildman–Crippen LogP) is 3.02. The van der Waals surface area contributed by atoms with Crippen molar-refractivity contribution < 1.29 is 4.79 Å². The molecule has 0 radical (unpaired) electrons. The molecule has 1 saturated heterocycles. The minimum atomic E-state index is 0.0262. The Bertz CT molecular complexity index is 870. The molecule has 1 atom stereocenters. The number of aromatic amines is 1. The largest absolute Gasteiger partial charge is 0.372 e. The molecule has 1 aliphatic rings. The van der Waals surface area contributed by atoms with Gasteiger partial charge >= 0.3 is 0 Å². The van der Waals surface area contributed by atoms with Gasteiger partial charge < -0.3 is 15.2 Å². The number of imidazole rings is 1. The summed E-state index contributed by atoms with van der Waals surface area (Å²) < 4.78 is 0. The molecule has 4 rings (SSSR count). The Morgan fingerprint density at radius 1 is 1.28 bits per heavy atom. The predicted molar refractivity (Wildman–Crippen MR) is 97.8 cm³/mol. The quantitative estimate of drug-likeness (QED) is 0.771. The Hall–Kier alpha value is -2.89. The van der Waals surface area contributed by atoms with Crippen LogP contribution in [0.1, 0.15) is 34.9 Å². The van der Waals surface area contributed by atoms with E-state index in [4.69, 9.17) is 4.98 Å². The fourth-order valence-corrected chi connectivity index (χ4v) is 3.50. The third-order valence-corrected chi connectivity index (χ3v) is 4.78. The molecule has 1 aromatic carbocycles. The summed E-state index contributed by atoms with van der Waals surface area (Å²) in [5.74, 6) is 1.86. The fourth-order valence-electron chi connectivity index (χ4n) is 3.50. The second-order valence-corrected chi connectivity index (χ2v) is 6.38. The highest BCUT2D eigenvalue weighted by atomic mass is 16.2. The molecule has 0 unspecified atom stereocenters. The number of hydrogen-bond acceptors (Lipinski definition) is 4. The molecule has 1 aliphatic heterocycles. The highest BCUT2D eigenvalue weighted by Gasteiger charge is 2.28. The number of nitrogens with zero attached hydrogens (tertiary/aromatic N) is 3. The molecule has 2 aromatic heterocycles. The van der Waals surface area contributed by atoms with E-state index in [2.05, 4.69) is 15.3 Å². The number of amides is 1. The van der Waals surface area contributed by atoms with Gasteiger partial charge in [-0.1, -0.05) is 12.1 Å². The van der Waals surface area contributed by atoms with Crippen LogP contribution in [0.15, 0.2) is 42.6 Å². The molecule has 3 heterocycles. The van der Waals surface area contributed by atoms with Gasteiger partial charge in [0, 0.05) is 32.3 Å². The summed E-state index contributed by atoms with van der Waals surface area (Å²) in [6.07, 6.45) is 3.70. The summed E-state index contributed by atoms with van der Waals surface area (Å²) in [5, 5.41) is 3.00. The monoisotopic (exact) mass is 335 g/mol. The van der Waals surface area contributed by atoms with Crippen molar-refractivity contribution in [2.75, 3.05) is 25.5 Å². The number of anilines is 1. The lowest BCUT2D eigenvalue weighted by molar-refractivity contribution is 0.0705. The first-order valence-corrected chi connectivity index (χ1v) is 8.63. The number of fused-ring (bicyclic) bond motifs is 1. The normalized spacial score (nSPS) is 17.6. The molecule has 2 N–H and O–H groups in total. The van der Waals surface area contributed by atoms with Crippen molar-refractivity contribution in [1.82, 2.24) is 19.9 Å². The smallest absolute Gasteiger partial charge is 0.257 e. The summed E-state index contributed by atoms with van der Waals surface area (Å²) in [7, 11) is 1.78. The number of nitrogens with one attached hydrogen (secondary N) is 2. The van der Waals surface area contributed by atoms with E-state index in [1.165, 1.54) is 0 Å². The van der Waals surface area contributed by atoms with E-state index in [0.717, 1.165) is 36.2 Å². The second-order valence-electron chi connectivity index (χ2n) is 6.38. The van der Waals surface area contributed by atoms with E-state index in [-0.39, 0.29) is 11.8 Å². The number of para-hydroxylation sites is 2. The molecular weight excluding hydrogens is 314 g/mol. The van der Waals surface area contributed by atoms with Crippen LogP contribution in [0.4, 0.5) is 5.82 Å². The summed E-state index contributed by atoms with van der Waals surface area (Å²) >= 11 is 0. The molecule has 3 aromatic rings. The van der Waals surface area contributed by atoms with Gasteiger partial charge in [-0.05, 0) is 37.1 Å². The van der Waals surface area contributed by atoms with Crippen molar-refractivity contribution in [2.24, 2.45) is 0 Å². The van der Waals surface area contributed by atoms with Crippen molar-refractivity contribution in [3.05, 3.63) is 54.0 Å². The summed E-state index contributed by atoms with van der Waals surface area (Å²) in [5.41, 5.74) is 2.65. The first-order chi connectivity index (χ1) is 12.3. The highest BCUT2D eigenvalue weighted by molar-refractivity contribution is 5.98. The van der Waals surface area contributed by atoms with Crippen molar-refractivity contribution in [1.29, 1.82) is 0 Å². The van der Waals surface area contributed by atoms with E-state index in [1.54, 1.807) is 19.3 Å². The Morgan fingerprint density at radius 2 is 2.16 bits per heavy atom. The van der Waals surface area contributed by atoms with Crippen LogP contribution in [0.25, 0.3) is 11.0 Å². The lowest BCUT2D eigenvalue weighted by Crippen LogP contribution is -2.39. The number of rotatable bonds is 3. The standard InChI is InChI=1S/C19H21N5O/c1-20-18-14(7-4-10-21-18)19(25)24-11-5-6-13(12-24)17-22-15-8-2-3-9-16(15)23-17/h2-4,7-10,13H,5-6,11-12H2,1H3,(H,20,21)(H,22,23)/t13-/m0/s1. The fraction of sp³-hybridized carbons (Fsp3) is 0.316. The van der Waals surface area contributed by atoms with E-state index in [1.807, 2.05) is 35.2 Å². The van der Waals surface area contributed by atoms with E-state index < -0.39 is 0 Å². The molecule has 6 nitrogen and oxygen atoms in total. The lowest BCUT2D eigenvalue weighted by atomic mass is 9.96. The number of H-pyrrole nitrogens is 1. The van der Waals surface area contributed by atoms with Gasteiger partial charge in [0.15, 0.2) is 0 Å². The molecule has 0 saturated carbocycles. The molecule has 0 spiro atoms. The van der Waals surface area contributed by atoms with Crippen LogP contribution < -0.4 is 5.32 Å². The lowest BCUT2D eigenvalue weighted by Gasteiger charge is -2.32. The minimum absolute atomic E-state index is 0.0262. The Morgan fingerprint density at radius 3 is 3.00 bits per heavy atom. The first kappa shape index (κ1) is 15.6. The van der Waals surface area contributed by atoms with Gasteiger partial charge in [0.25, 0.3) is 5.91 Å². The van der Waals surface area contributed by atoms with E-state index in [0.29, 0.717) is 17.9 Å². The molecule has 0 aliphatic carbocycles. The molecule has 1 fully saturated rings. The van der Waals surface area contributed by atoms with E-state index in [9.17, 15) is 4.79 Å². The molecule has 0 bridgehead atoms. The van der Waals surface area contributed by atoms with Crippen LogP contribution in [0, 0.1) is 0 Å². The molecule has 128 valence electrons. The van der Waals surface area contributed by atoms with Crippen LogP contribution in [-0.2, 0) is 0 Å². The van der Waals surface area contributed by atoms with Crippen molar-refractivity contribution in [3.8, 4) is 0 Å². The van der Waals surface area contributed by atoms with Crippen LogP contribution in [0.3, 0.4) is 0 Å². The third kappa shape index (κ3) is 2.95. The SMILES string of the molecule is CNc1ncccc1C(=O)N1CCC[C@H](c2nc3ccccc3[nH]2)C1. The number of aromatic nitrogens is 3. The number of likely N-dealkylation sites (tertiary alicyclic amines) is 1. The molecule has 1 amide bonds. The zero-order valence-corrected chi connectivity index (χ0v) is 14.2. The van der Waals surface area contributed by atoms with Crippen molar-refractivity contribution in [3.63, 3.8) is 0 Å². The van der Waals surface area contributed by atoms with Crippen LogP contribution in [0.2, 0.25) is 0 Å². The van der Waals surface area contributed by atoms with Gasteiger partial charge in [0.1, 0.15) is 11.6 Å². The number of piperidine rings is 1. The number of carbonyl (C=O) groups is 1. The maximum Gasteiger partial charge on any atom is 0.257 e. The van der Waals surface area contributed by atoms with Gasteiger partial charge in [0.05, 0.1) is 16.6 Å². The maximum atomic E-state index is 12.9. The van der Waals surface area contributed by atoms with Gasteiger partial charge in [-0.15, -0.1) is 0 Å². The van der Waals surface area contributed by atoms with Gasteiger partial charge in [-0.2, -0.15) is 0 Å². The van der Waals surface area contributed by atoms with E-state index >= 15 is 0 Å². The maximum absolute atomic E-state index is 12.9. The van der Waals surface area contributed by atoms with Crippen LogP contribution in [-0.4, -0.2) is 45.9 Å². The Labute approximate surface area is 146 Å². The average Bonchev–Trinajstić information content (AvgIpc) is 3.12. The minimum Gasteiger partial charge on any atom is -0.372 e. The highest BCUT2D eigenvalue weighted by Crippen LogP contribution is 2.28. The third-order valence-electron chi connectivity index (χ3n) is 4.78. The Balaban J connectivity index is 1.57. The van der Waals surface area contributed by atoms with Gasteiger partial charge in [-0.25, -0.2) is 9.97 Å². The zero-order chi connectivity index (χ0) is 17.2. The van der Waals surface area contributed by atoms with Crippen molar-refractivity contribution >= 4 is 22.8 Å². The summed E-state index contributed by atoms with van der Waals surface area (Å²) in [4.78, 5) is 27.2. The molecule has 25 heavy (non-hydrogen) atoms. The van der Waals surface area contributed by atoms with Gasteiger partial charge in [-0.3, -0.25) is 4.79 Å². The van der Waals surface area contributed by atoms with Gasteiger partial charge in [0.2, 0.25) is 0 Å². The Kier molecular flexibility index (Phi) is 4.09. The average molecular weight is 335 g/mol.